The van der Waals surface area contributed by atoms with E-state index in [1.165, 1.54) is 32.1 Å². The van der Waals surface area contributed by atoms with E-state index >= 15 is 0 Å². The molecule has 1 saturated heterocycles. The molecule has 1 fully saturated rings. The summed E-state index contributed by atoms with van der Waals surface area (Å²) in [6, 6.07) is 0. The van der Waals surface area contributed by atoms with Crippen molar-refractivity contribution in [3.8, 4) is 11.8 Å². The number of unbranched alkanes of at least 4 members (excludes halogenated alkanes) is 3. The highest BCUT2D eigenvalue weighted by atomic mass is 16.1. The predicted octanol–water partition coefficient (Wildman–Crippen LogP) is 2.63. The number of likely N-dealkylation sites (tertiary alicyclic amines) is 1. The van der Waals surface area contributed by atoms with Crippen molar-refractivity contribution in [1.29, 1.82) is 0 Å². The zero-order valence-electron chi connectivity index (χ0n) is 10.4. The topological polar surface area (TPSA) is 20.3 Å². The van der Waals surface area contributed by atoms with E-state index in [1.54, 1.807) is 0 Å². The van der Waals surface area contributed by atoms with E-state index in [0.29, 0.717) is 13.0 Å². The first kappa shape index (κ1) is 13.3. The molecule has 0 spiro atoms. The summed E-state index contributed by atoms with van der Waals surface area (Å²) in [5.74, 6) is 6.36. The van der Waals surface area contributed by atoms with Gasteiger partial charge in [-0.15, -0.1) is 5.92 Å². The molecule has 0 aromatic heterocycles. The van der Waals surface area contributed by atoms with Crippen LogP contribution in [-0.4, -0.2) is 30.3 Å². The maximum absolute atomic E-state index is 11.5. The highest BCUT2D eigenvalue weighted by molar-refractivity contribution is 5.82. The molecule has 0 aromatic carbocycles. The molecule has 90 valence electrons. The molecule has 1 rings (SSSR count). The van der Waals surface area contributed by atoms with E-state index < -0.39 is 0 Å². The minimum atomic E-state index is 0.282. The van der Waals surface area contributed by atoms with Gasteiger partial charge in [0.15, 0.2) is 5.78 Å². The summed E-state index contributed by atoms with van der Waals surface area (Å²) in [5.41, 5.74) is 0. The van der Waals surface area contributed by atoms with E-state index in [9.17, 15) is 4.79 Å². The Balaban J connectivity index is 2.04. The standard InChI is InChI=1S/C14H23NO/c1-2-3-4-5-6-7-10-14(16)13-15-11-8-9-12-15/h2-5,8-13H2,1H3. The van der Waals surface area contributed by atoms with Gasteiger partial charge in [-0.25, -0.2) is 0 Å². The SMILES string of the molecule is CCCCCC#CCC(=O)CN1CCCC1. The largest absolute Gasteiger partial charge is 0.297 e. The van der Waals surface area contributed by atoms with Gasteiger partial charge in [0.2, 0.25) is 0 Å². The van der Waals surface area contributed by atoms with Crippen molar-refractivity contribution in [3.63, 3.8) is 0 Å². The summed E-state index contributed by atoms with van der Waals surface area (Å²) in [7, 11) is 0. The Morgan fingerprint density at radius 1 is 1.19 bits per heavy atom. The molecule has 2 heteroatoms. The van der Waals surface area contributed by atoms with Crippen molar-refractivity contribution in [2.75, 3.05) is 19.6 Å². The summed E-state index contributed by atoms with van der Waals surface area (Å²) in [6.45, 7) is 4.99. The van der Waals surface area contributed by atoms with Crippen LogP contribution in [0.25, 0.3) is 0 Å². The molecule has 1 heterocycles. The minimum absolute atomic E-state index is 0.282. The second kappa shape index (κ2) is 8.35. The molecule has 0 unspecified atom stereocenters. The van der Waals surface area contributed by atoms with Crippen LogP contribution in [0.4, 0.5) is 0 Å². The van der Waals surface area contributed by atoms with Crippen LogP contribution in [0.3, 0.4) is 0 Å². The number of hydrogen-bond donors (Lipinski definition) is 0. The second-order valence-corrected chi connectivity index (χ2v) is 4.51. The van der Waals surface area contributed by atoms with Gasteiger partial charge in [-0.1, -0.05) is 25.7 Å². The molecule has 0 amide bonds. The summed E-state index contributed by atoms with van der Waals surface area (Å²) < 4.78 is 0. The fourth-order valence-corrected chi connectivity index (χ4v) is 1.96. The Kier molecular flexibility index (Phi) is 6.92. The Bertz CT molecular complexity index is 256. The quantitative estimate of drug-likeness (QED) is 0.507. The van der Waals surface area contributed by atoms with Gasteiger partial charge in [0, 0.05) is 6.42 Å². The number of ketones is 1. The van der Waals surface area contributed by atoms with Gasteiger partial charge in [0.1, 0.15) is 0 Å². The lowest BCUT2D eigenvalue weighted by Crippen LogP contribution is -2.26. The number of hydrogen-bond acceptors (Lipinski definition) is 2. The van der Waals surface area contributed by atoms with E-state index in [2.05, 4.69) is 23.7 Å². The van der Waals surface area contributed by atoms with Gasteiger partial charge in [0.25, 0.3) is 0 Å². The minimum Gasteiger partial charge on any atom is -0.297 e. The average Bonchev–Trinajstić information content (AvgIpc) is 2.76. The molecule has 1 aliphatic rings. The van der Waals surface area contributed by atoms with Gasteiger partial charge in [-0.3, -0.25) is 9.69 Å². The third-order valence-electron chi connectivity index (χ3n) is 2.91. The molecular formula is C14H23NO. The van der Waals surface area contributed by atoms with Gasteiger partial charge in [-0.2, -0.15) is 0 Å². The third-order valence-corrected chi connectivity index (χ3v) is 2.91. The van der Waals surface area contributed by atoms with Crippen LogP contribution >= 0.6 is 0 Å². The summed E-state index contributed by atoms with van der Waals surface area (Å²) in [4.78, 5) is 13.8. The smallest absolute Gasteiger partial charge is 0.158 e. The lowest BCUT2D eigenvalue weighted by molar-refractivity contribution is -0.119. The zero-order chi connectivity index (χ0) is 11.6. The second-order valence-electron chi connectivity index (χ2n) is 4.51. The van der Waals surface area contributed by atoms with Gasteiger partial charge in [-0.05, 0) is 32.4 Å². The first-order valence-corrected chi connectivity index (χ1v) is 6.52. The van der Waals surface area contributed by atoms with Crippen molar-refractivity contribution in [3.05, 3.63) is 0 Å². The van der Waals surface area contributed by atoms with Gasteiger partial charge < -0.3 is 0 Å². The van der Waals surface area contributed by atoms with E-state index in [4.69, 9.17) is 0 Å². The van der Waals surface area contributed by atoms with Crippen molar-refractivity contribution in [2.24, 2.45) is 0 Å². The number of Topliss-reactive ketones (excluding diaryl/α,β-unsaturated/α-hetero) is 1. The fraction of sp³-hybridized carbons (Fsp3) is 0.786. The van der Waals surface area contributed by atoms with Crippen LogP contribution in [0.5, 0.6) is 0 Å². The Hall–Kier alpha value is -0.810. The first-order valence-electron chi connectivity index (χ1n) is 6.52. The highest BCUT2D eigenvalue weighted by Gasteiger charge is 2.13. The van der Waals surface area contributed by atoms with E-state index in [1.807, 2.05) is 0 Å². The lowest BCUT2D eigenvalue weighted by atomic mass is 10.2. The van der Waals surface area contributed by atoms with Gasteiger partial charge >= 0.3 is 0 Å². The maximum Gasteiger partial charge on any atom is 0.158 e. The molecule has 1 aliphatic heterocycles. The summed E-state index contributed by atoms with van der Waals surface area (Å²) in [5, 5.41) is 0. The lowest BCUT2D eigenvalue weighted by Gasteiger charge is -2.11. The average molecular weight is 221 g/mol. The molecule has 0 radical (unpaired) electrons. The molecule has 2 nitrogen and oxygen atoms in total. The Morgan fingerprint density at radius 3 is 2.62 bits per heavy atom. The fourth-order valence-electron chi connectivity index (χ4n) is 1.96. The van der Waals surface area contributed by atoms with Gasteiger partial charge in [0.05, 0.1) is 13.0 Å². The van der Waals surface area contributed by atoms with Crippen LogP contribution in [-0.2, 0) is 4.79 Å². The first-order chi connectivity index (χ1) is 7.83. The predicted molar refractivity (Wildman–Crippen MR) is 67.2 cm³/mol. The number of carbonyl (C=O) groups excluding carboxylic acids is 1. The molecule has 0 saturated carbocycles. The van der Waals surface area contributed by atoms with Crippen molar-refractivity contribution >= 4 is 5.78 Å². The Morgan fingerprint density at radius 2 is 1.94 bits per heavy atom. The molecule has 0 aromatic rings. The van der Waals surface area contributed by atoms with Crippen molar-refractivity contribution in [1.82, 2.24) is 4.90 Å². The summed E-state index contributed by atoms with van der Waals surface area (Å²) >= 11 is 0. The maximum atomic E-state index is 11.5. The van der Waals surface area contributed by atoms with Crippen LogP contribution < -0.4 is 0 Å². The van der Waals surface area contributed by atoms with Crippen molar-refractivity contribution < 1.29 is 4.79 Å². The van der Waals surface area contributed by atoms with Crippen LogP contribution in [0.2, 0.25) is 0 Å². The van der Waals surface area contributed by atoms with E-state index in [-0.39, 0.29) is 5.78 Å². The monoisotopic (exact) mass is 221 g/mol. The molecule has 0 N–H and O–H groups in total. The third kappa shape index (κ3) is 5.92. The molecule has 0 bridgehead atoms. The molecule has 0 aliphatic carbocycles. The van der Waals surface area contributed by atoms with Crippen molar-refractivity contribution in [2.45, 2.75) is 51.9 Å². The van der Waals surface area contributed by atoms with Crippen LogP contribution in [0.1, 0.15) is 51.9 Å². The number of carbonyl (C=O) groups is 1. The molecule has 16 heavy (non-hydrogen) atoms. The summed E-state index contributed by atoms with van der Waals surface area (Å²) in [6.07, 6.45) is 7.54. The number of rotatable bonds is 6. The number of nitrogens with zero attached hydrogens (tertiary/aromatic N) is 1. The zero-order valence-corrected chi connectivity index (χ0v) is 10.4. The molecule has 0 atom stereocenters. The van der Waals surface area contributed by atoms with Crippen LogP contribution in [0.15, 0.2) is 0 Å². The van der Waals surface area contributed by atoms with Crippen LogP contribution in [0, 0.1) is 11.8 Å². The Labute approximate surface area is 99.4 Å². The highest BCUT2D eigenvalue weighted by Crippen LogP contribution is 2.06. The normalized spacial score (nSPS) is 15.8. The van der Waals surface area contributed by atoms with E-state index in [0.717, 1.165) is 19.5 Å². The molecular weight excluding hydrogens is 198 g/mol.